The molecule has 1 N–H and O–H groups in total. The van der Waals surface area contributed by atoms with Crippen LogP contribution in [0.1, 0.15) is 0 Å². The van der Waals surface area contributed by atoms with E-state index in [1.807, 2.05) is 18.3 Å². The third kappa shape index (κ3) is 2.20. The number of nitrogens with one attached hydrogen (secondary N) is 1. The van der Waals surface area contributed by atoms with Gasteiger partial charge in [0.1, 0.15) is 17.8 Å². The Bertz CT molecular complexity index is 965. The summed E-state index contributed by atoms with van der Waals surface area (Å²) in [5, 5.41) is 2.20. The summed E-state index contributed by atoms with van der Waals surface area (Å²) in [6.45, 7) is 3.78. The molecule has 0 radical (unpaired) electrons. The Morgan fingerprint density at radius 1 is 0.958 bits per heavy atom. The van der Waals surface area contributed by atoms with Crippen molar-refractivity contribution in [1.82, 2.24) is 19.9 Å². The van der Waals surface area contributed by atoms with Gasteiger partial charge in [0.05, 0.1) is 15.6 Å². The highest BCUT2D eigenvalue weighted by atomic mass is 32.1. The molecule has 0 amide bonds. The molecule has 24 heavy (non-hydrogen) atoms. The van der Waals surface area contributed by atoms with Crippen LogP contribution in [0.4, 0.5) is 10.9 Å². The van der Waals surface area contributed by atoms with Crippen LogP contribution >= 0.6 is 11.3 Å². The summed E-state index contributed by atoms with van der Waals surface area (Å²) >= 11 is 1.77. The maximum atomic E-state index is 4.77. The van der Waals surface area contributed by atoms with Crippen LogP contribution in [0.25, 0.3) is 21.3 Å². The highest BCUT2D eigenvalue weighted by Crippen LogP contribution is 2.30. The standard InChI is InChI=1S/C17H16N6S/c1-2-4-14-13(3-1)21-17(24-14)23-9-7-22(8-10-23)16-12-5-6-18-15(12)19-11-20-16/h1-6,11H,7-10H2,(H,18,19,20). The van der Waals surface area contributed by atoms with Crippen LogP contribution in [0.3, 0.4) is 0 Å². The minimum atomic E-state index is 0.897. The average molecular weight is 336 g/mol. The molecule has 1 aliphatic rings. The first-order valence-corrected chi connectivity index (χ1v) is 8.84. The van der Waals surface area contributed by atoms with Crippen molar-refractivity contribution in [2.45, 2.75) is 0 Å². The van der Waals surface area contributed by atoms with Gasteiger partial charge in [0.15, 0.2) is 5.13 Å². The first-order chi connectivity index (χ1) is 11.9. The monoisotopic (exact) mass is 336 g/mol. The van der Waals surface area contributed by atoms with Crippen LogP contribution in [0, 0.1) is 0 Å². The van der Waals surface area contributed by atoms with Gasteiger partial charge in [0.2, 0.25) is 0 Å². The van der Waals surface area contributed by atoms with Crippen LogP contribution in [-0.2, 0) is 0 Å². The van der Waals surface area contributed by atoms with Crippen LogP contribution < -0.4 is 9.80 Å². The average Bonchev–Trinajstić information content (AvgIpc) is 3.28. The molecule has 0 unspecified atom stereocenters. The maximum absolute atomic E-state index is 4.77. The Balaban J connectivity index is 1.38. The summed E-state index contributed by atoms with van der Waals surface area (Å²) in [6, 6.07) is 10.4. The van der Waals surface area contributed by atoms with Crippen molar-refractivity contribution >= 4 is 43.5 Å². The first-order valence-electron chi connectivity index (χ1n) is 8.02. The number of aromatic nitrogens is 4. The molecule has 1 fully saturated rings. The number of H-pyrrole nitrogens is 1. The number of para-hydroxylation sites is 1. The lowest BCUT2D eigenvalue weighted by atomic mass is 10.3. The lowest BCUT2D eigenvalue weighted by molar-refractivity contribution is 0.648. The zero-order valence-corrected chi connectivity index (χ0v) is 13.8. The van der Waals surface area contributed by atoms with E-state index in [0.29, 0.717) is 0 Å². The lowest BCUT2D eigenvalue weighted by Crippen LogP contribution is -2.46. The molecule has 4 heterocycles. The highest BCUT2D eigenvalue weighted by Gasteiger charge is 2.22. The van der Waals surface area contributed by atoms with E-state index < -0.39 is 0 Å². The van der Waals surface area contributed by atoms with Gasteiger partial charge in [0, 0.05) is 32.4 Å². The van der Waals surface area contributed by atoms with Crippen molar-refractivity contribution in [3.05, 3.63) is 42.9 Å². The third-order valence-corrected chi connectivity index (χ3v) is 5.56. The summed E-state index contributed by atoms with van der Waals surface area (Å²) in [5.41, 5.74) is 1.98. The quantitative estimate of drug-likeness (QED) is 0.610. The SMILES string of the molecule is c1ccc2sc(N3CCN(c4ncnc5[nH]ccc45)CC3)nc2c1. The molecule has 0 atom stereocenters. The van der Waals surface area contributed by atoms with Crippen LogP contribution in [0.2, 0.25) is 0 Å². The predicted molar refractivity (Wildman–Crippen MR) is 97.9 cm³/mol. The Morgan fingerprint density at radius 2 is 1.79 bits per heavy atom. The predicted octanol–water partition coefficient (Wildman–Crippen LogP) is 2.89. The fourth-order valence-electron chi connectivity index (χ4n) is 3.22. The molecule has 4 aromatic rings. The van der Waals surface area contributed by atoms with Gasteiger partial charge >= 0.3 is 0 Å². The zero-order valence-electron chi connectivity index (χ0n) is 13.0. The van der Waals surface area contributed by atoms with E-state index in [1.54, 1.807) is 17.7 Å². The number of aromatic amines is 1. The van der Waals surface area contributed by atoms with Crippen molar-refractivity contribution < 1.29 is 0 Å². The second-order valence-corrected chi connectivity index (χ2v) is 6.88. The number of fused-ring (bicyclic) bond motifs is 2. The lowest BCUT2D eigenvalue weighted by Gasteiger charge is -2.35. The summed E-state index contributed by atoms with van der Waals surface area (Å²) < 4.78 is 1.25. The van der Waals surface area contributed by atoms with Gasteiger partial charge in [-0.3, -0.25) is 0 Å². The minimum Gasteiger partial charge on any atom is -0.352 e. The van der Waals surface area contributed by atoms with Gasteiger partial charge in [-0.15, -0.1) is 0 Å². The fraction of sp³-hybridized carbons (Fsp3) is 0.235. The number of thiazole rings is 1. The van der Waals surface area contributed by atoms with Crippen molar-refractivity contribution in [3.63, 3.8) is 0 Å². The van der Waals surface area contributed by atoms with Crippen LogP contribution in [0.15, 0.2) is 42.9 Å². The topological polar surface area (TPSA) is 60.9 Å². The van der Waals surface area contributed by atoms with E-state index in [0.717, 1.165) is 53.7 Å². The zero-order chi connectivity index (χ0) is 15.9. The Morgan fingerprint density at radius 3 is 2.67 bits per heavy atom. The molecular formula is C17H16N6S. The minimum absolute atomic E-state index is 0.897. The second kappa shape index (κ2) is 5.45. The summed E-state index contributed by atoms with van der Waals surface area (Å²) in [5.74, 6) is 1.02. The Kier molecular flexibility index (Phi) is 3.12. The number of piperazine rings is 1. The van der Waals surface area contributed by atoms with E-state index in [9.17, 15) is 0 Å². The van der Waals surface area contributed by atoms with Gasteiger partial charge in [0.25, 0.3) is 0 Å². The van der Waals surface area contributed by atoms with Crippen LogP contribution in [-0.4, -0.2) is 46.1 Å². The normalized spacial score (nSPS) is 15.5. The maximum Gasteiger partial charge on any atom is 0.186 e. The van der Waals surface area contributed by atoms with Crippen molar-refractivity contribution in [3.8, 4) is 0 Å². The summed E-state index contributed by atoms with van der Waals surface area (Å²) in [6.07, 6.45) is 3.55. The fourth-order valence-corrected chi connectivity index (χ4v) is 4.23. The first kappa shape index (κ1) is 13.7. The number of anilines is 2. The van der Waals surface area contributed by atoms with E-state index in [4.69, 9.17) is 4.98 Å². The molecule has 3 aromatic heterocycles. The molecular weight excluding hydrogens is 320 g/mol. The Hall–Kier alpha value is -2.67. The summed E-state index contributed by atoms with van der Waals surface area (Å²) in [7, 11) is 0. The largest absolute Gasteiger partial charge is 0.352 e. The molecule has 1 saturated heterocycles. The van der Waals surface area contributed by atoms with E-state index in [2.05, 4.69) is 43.0 Å². The second-order valence-electron chi connectivity index (χ2n) is 5.88. The van der Waals surface area contributed by atoms with Crippen molar-refractivity contribution in [1.29, 1.82) is 0 Å². The van der Waals surface area contributed by atoms with Crippen molar-refractivity contribution in [2.24, 2.45) is 0 Å². The van der Waals surface area contributed by atoms with Gasteiger partial charge in [-0.05, 0) is 18.2 Å². The van der Waals surface area contributed by atoms with Gasteiger partial charge in [-0.25, -0.2) is 15.0 Å². The molecule has 6 nitrogen and oxygen atoms in total. The molecule has 1 aromatic carbocycles. The van der Waals surface area contributed by atoms with Gasteiger partial charge in [-0.1, -0.05) is 23.5 Å². The molecule has 0 aliphatic carbocycles. The molecule has 0 bridgehead atoms. The molecule has 5 rings (SSSR count). The molecule has 7 heteroatoms. The number of hydrogen-bond acceptors (Lipinski definition) is 6. The van der Waals surface area contributed by atoms with E-state index in [1.165, 1.54) is 4.70 Å². The Labute approximate surface area is 142 Å². The van der Waals surface area contributed by atoms with Gasteiger partial charge < -0.3 is 14.8 Å². The molecule has 0 saturated carbocycles. The third-order valence-electron chi connectivity index (χ3n) is 4.47. The number of hydrogen-bond donors (Lipinski definition) is 1. The van der Waals surface area contributed by atoms with E-state index in [-0.39, 0.29) is 0 Å². The number of rotatable bonds is 2. The van der Waals surface area contributed by atoms with Crippen molar-refractivity contribution in [2.75, 3.05) is 36.0 Å². The number of nitrogens with zero attached hydrogens (tertiary/aromatic N) is 5. The highest BCUT2D eigenvalue weighted by molar-refractivity contribution is 7.22. The molecule has 0 spiro atoms. The van der Waals surface area contributed by atoms with E-state index >= 15 is 0 Å². The smallest absolute Gasteiger partial charge is 0.186 e. The summed E-state index contributed by atoms with van der Waals surface area (Å²) in [4.78, 5) is 21.4. The van der Waals surface area contributed by atoms with Crippen LogP contribution in [0.5, 0.6) is 0 Å². The molecule has 1 aliphatic heterocycles. The molecule has 120 valence electrons. The van der Waals surface area contributed by atoms with Gasteiger partial charge in [-0.2, -0.15) is 0 Å². The number of benzene rings is 1.